The number of aliphatic hydroxyl groups is 3. The van der Waals surface area contributed by atoms with Crippen molar-refractivity contribution in [2.24, 2.45) is 0 Å². The van der Waals surface area contributed by atoms with Crippen LogP contribution >= 0.6 is 0 Å². The van der Waals surface area contributed by atoms with Crippen molar-refractivity contribution >= 4 is 0 Å². The zero-order valence-corrected chi connectivity index (χ0v) is 6.54. The van der Waals surface area contributed by atoms with E-state index in [1.165, 1.54) is 0 Å². The molecule has 70 valence electrons. The first kappa shape index (κ1) is 9.43. The molecule has 1 rings (SSSR count). The Morgan fingerprint density at radius 2 is 1.83 bits per heavy atom. The number of rotatable bonds is 2. The van der Waals surface area contributed by atoms with Crippen LogP contribution in [0.4, 0.5) is 0 Å². The van der Waals surface area contributed by atoms with Gasteiger partial charge >= 0.3 is 0 Å². The lowest BCUT2D eigenvalue weighted by Gasteiger charge is -2.34. The summed E-state index contributed by atoms with van der Waals surface area (Å²) in [5.41, 5.74) is 0. The van der Waals surface area contributed by atoms with Gasteiger partial charge in [-0.3, -0.25) is 16.0 Å². The molecule has 1 fully saturated rings. The van der Waals surface area contributed by atoms with Gasteiger partial charge in [0.05, 0.1) is 0 Å². The van der Waals surface area contributed by atoms with Gasteiger partial charge in [0, 0.05) is 13.3 Å². The molecule has 0 amide bonds. The van der Waals surface area contributed by atoms with Crippen molar-refractivity contribution in [1.82, 2.24) is 16.0 Å². The molecular formula is C6H13N3O3. The van der Waals surface area contributed by atoms with E-state index in [4.69, 9.17) is 5.11 Å². The molecule has 0 aliphatic carbocycles. The molecule has 1 saturated heterocycles. The summed E-state index contributed by atoms with van der Waals surface area (Å²) in [5, 5.41) is 35.6. The average Bonchev–Trinajstić information content (AvgIpc) is 2.06. The van der Waals surface area contributed by atoms with Crippen LogP contribution in [0.25, 0.3) is 0 Å². The second-order valence-corrected chi connectivity index (χ2v) is 2.62. The van der Waals surface area contributed by atoms with E-state index in [1.54, 1.807) is 0 Å². The van der Waals surface area contributed by atoms with Gasteiger partial charge in [0.15, 0.2) is 0 Å². The summed E-state index contributed by atoms with van der Waals surface area (Å²) in [7, 11) is 0. The van der Waals surface area contributed by atoms with Crippen molar-refractivity contribution < 1.29 is 15.3 Å². The number of hydrogen-bond acceptors (Lipinski definition) is 6. The molecule has 1 aliphatic heterocycles. The fourth-order valence-electron chi connectivity index (χ4n) is 0.934. The Kier molecular flexibility index (Phi) is 2.65. The number of aliphatic hydroxyl groups excluding tert-OH is 1. The molecule has 0 saturated carbocycles. The van der Waals surface area contributed by atoms with E-state index >= 15 is 0 Å². The Morgan fingerprint density at radius 3 is 2.25 bits per heavy atom. The van der Waals surface area contributed by atoms with Gasteiger partial charge in [0.1, 0.15) is 11.9 Å². The van der Waals surface area contributed by atoms with Gasteiger partial charge in [-0.05, 0) is 0 Å². The Balaban J connectivity index is 2.59. The van der Waals surface area contributed by atoms with Crippen LogP contribution in [0.5, 0.6) is 0 Å². The SMILES string of the molecule is C=C(O)C(O)(O)C1NCNCN1. The molecule has 1 heterocycles. The molecule has 1 aliphatic rings. The standard InChI is InChI=1S/C6H13N3O3/c1-4(10)6(11,12)5-8-2-7-3-9-5/h5,7-12H,1-3H2. The number of nitrogens with one attached hydrogen (secondary N) is 3. The van der Waals surface area contributed by atoms with E-state index in [-0.39, 0.29) is 0 Å². The van der Waals surface area contributed by atoms with Crippen LogP contribution in [0.1, 0.15) is 0 Å². The van der Waals surface area contributed by atoms with Gasteiger partial charge in [0.2, 0.25) is 0 Å². The van der Waals surface area contributed by atoms with Crippen LogP contribution in [0.15, 0.2) is 12.3 Å². The third kappa shape index (κ3) is 1.74. The van der Waals surface area contributed by atoms with Crippen molar-refractivity contribution in [3.63, 3.8) is 0 Å². The largest absolute Gasteiger partial charge is 0.507 e. The molecule has 0 aromatic carbocycles. The molecule has 0 unspecified atom stereocenters. The third-order valence-corrected chi connectivity index (χ3v) is 1.69. The van der Waals surface area contributed by atoms with Crippen molar-refractivity contribution in [3.05, 3.63) is 12.3 Å². The van der Waals surface area contributed by atoms with E-state index in [0.29, 0.717) is 13.3 Å². The first-order valence-electron chi connectivity index (χ1n) is 3.55. The van der Waals surface area contributed by atoms with E-state index in [2.05, 4.69) is 22.5 Å². The number of hydrogen-bond donors (Lipinski definition) is 6. The quantitative estimate of drug-likeness (QED) is 0.210. The molecule has 0 bridgehead atoms. The van der Waals surface area contributed by atoms with E-state index in [1.807, 2.05) is 0 Å². The molecule has 0 aromatic heterocycles. The van der Waals surface area contributed by atoms with E-state index in [9.17, 15) is 10.2 Å². The summed E-state index contributed by atoms with van der Waals surface area (Å²) in [6.45, 7) is 3.93. The highest BCUT2D eigenvalue weighted by molar-refractivity contribution is 5.02. The zero-order valence-electron chi connectivity index (χ0n) is 6.54. The Hall–Kier alpha value is -0.660. The molecule has 6 heteroatoms. The molecular weight excluding hydrogens is 162 g/mol. The maximum absolute atomic E-state index is 9.27. The molecule has 12 heavy (non-hydrogen) atoms. The minimum atomic E-state index is -2.33. The van der Waals surface area contributed by atoms with Gasteiger partial charge in [-0.15, -0.1) is 0 Å². The lowest BCUT2D eigenvalue weighted by Crippen LogP contribution is -2.66. The highest BCUT2D eigenvalue weighted by Crippen LogP contribution is 2.12. The van der Waals surface area contributed by atoms with Crippen LogP contribution in [0, 0.1) is 0 Å². The zero-order chi connectivity index (χ0) is 9.19. The summed E-state index contributed by atoms with van der Waals surface area (Å²) >= 11 is 0. The molecule has 6 nitrogen and oxygen atoms in total. The summed E-state index contributed by atoms with van der Waals surface area (Å²) in [6, 6.07) is 0. The van der Waals surface area contributed by atoms with Crippen molar-refractivity contribution in [3.8, 4) is 0 Å². The van der Waals surface area contributed by atoms with Crippen molar-refractivity contribution in [2.75, 3.05) is 13.3 Å². The summed E-state index contributed by atoms with van der Waals surface area (Å²) in [6.07, 6.45) is -0.809. The maximum atomic E-state index is 9.27. The van der Waals surface area contributed by atoms with Gasteiger partial charge in [0.25, 0.3) is 5.79 Å². The van der Waals surface area contributed by atoms with Gasteiger partial charge in [-0.25, -0.2) is 0 Å². The first-order chi connectivity index (χ1) is 5.55. The minimum Gasteiger partial charge on any atom is -0.507 e. The normalized spacial score (nSPS) is 20.8. The highest BCUT2D eigenvalue weighted by Gasteiger charge is 2.38. The van der Waals surface area contributed by atoms with Gasteiger partial charge in [-0.2, -0.15) is 0 Å². The fourth-order valence-corrected chi connectivity index (χ4v) is 0.934. The van der Waals surface area contributed by atoms with Crippen molar-refractivity contribution in [2.45, 2.75) is 12.0 Å². The Labute approximate surface area is 69.9 Å². The third-order valence-electron chi connectivity index (χ3n) is 1.69. The summed E-state index contributed by atoms with van der Waals surface area (Å²) in [5.74, 6) is -3.02. The van der Waals surface area contributed by atoms with Gasteiger partial charge in [-0.1, -0.05) is 6.58 Å². The molecule has 0 radical (unpaired) electrons. The monoisotopic (exact) mass is 175 g/mol. The fraction of sp³-hybridized carbons (Fsp3) is 0.667. The first-order valence-corrected chi connectivity index (χ1v) is 3.55. The molecule has 0 spiro atoms. The average molecular weight is 175 g/mol. The second kappa shape index (κ2) is 3.38. The summed E-state index contributed by atoms with van der Waals surface area (Å²) in [4.78, 5) is 0. The minimum absolute atomic E-state index is 0.438. The van der Waals surface area contributed by atoms with Crippen LogP contribution in [0.3, 0.4) is 0 Å². The topological polar surface area (TPSA) is 96.8 Å². The highest BCUT2D eigenvalue weighted by atomic mass is 16.5. The Morgan fingerprint density at radius 1 is 1.33 bits per heavy atom. The van der Waals surface area contributed by atoms with Gasteiger partial charge < -0.3 is 15.3 Å². The van der Waals surface area contributed by atoms with E-state index in [0.717, 1.165) is 0 Å². The maximum Gasteiger partial charge on any atom is 0.251 e. The summed E-state index contributed by atoms with van der Waals surface area (Å²) < 4.78 is 0. The Bertz CT molecular complexity index is 177. The molecule has 0 aromatic rings. The van der Waals surface area contributed by atoms with Crippen LogP contribution in [-0.4, -0.2) is 40.6 Å². The van der Waals surface area contributed by atoms with Crippen LogP contribution in [0.2, 0.25) is 0 Å². The molecule has 6 N–H and O–H groups in total. The second-order valence-electron chi connectivity index (χ2n) is 2.62. The molecule has 0 atom stereocenters. The predicted octanol–water partition coefficient (Wildman–Crippen LogP) is -2.24. The van der Waals surface area contributed by atoms with Crippen molar-refractivity contribution in [1.29, 1.82) is 0 Å². The van der Waals surface area contributed by atoms with E-state index < -0.39 is 17.7 Å². The predicted molar refractivity (Wildman–Crippen MR) is 41.9 cm³/mol. The van der Waals surface area contributed by atoms with Crippen LogP contribution in [-0.2, 0) is 0 Å². The smallest absolute Gasteiger partial charge is 0.251 e. The lowest BCUT2D eigenvalue weighted by molar-refractivity contribution is -0.183. The lowest BCUT2D eigenvalue weighted by atomic mass is 10.1. The van der Waals surface area contributed by atoms with Crippen LogP contribution < -0.4 is 16.0 Å².